The van der Waals surface area contributed by atoms with E-state index in [1.165, 1.54) is 4.31 Å². The molecule has 5 nitrogen and oxygen atoms in total. The highest BCUT2D eigenvalue weighted by Crippen LogP contribution is 2.30. The fourth-order valence-electron chi connectivity index (χ4n) is 3.75. The second-order valence-electron chi connectivity index (χ2n) is 7.04. The van der Waals surface area contributed by atoms with Crippen LogP contribution in [-0.2, 0) is 21.2 Å². The van der Waals surface area contributed by atoms with E-state index < -0.39 is 16.1 Å². The van der Waals surface area contributed by atoms with Crippen molar-refractivity contribution in [1.82, 2.24) is 0 Å². The topological polar surface area (TPSA) is 57.7 Å². The van der Waals surface area contributed by atoms with E-state index in [1.807, 2.05) is 50.2 Å². The molecule has 1 aliphatic heterocycles. The summed E-state index contributed by atoms with van der Waals surface area (Å²) in [6.07, 6.45) is 3.38. The third-order valence-corrected chi connectivity index (χ3v) is 6.12. The summed E-state index contributed by atoms with van der Waals surface area (Å²) in [7, 11) is -3.62. The van der Waals surface area contributed by atoms with Crippen molar-refractivity contribution in [2.45, 2.75) is 39.2 Å². The van der Waals surface area contributed by atoms with Crippen molar-refractivity contribution in [3.8, 4) is 0 Å². The van der Waals surface area contributed by atoms with Gasteiger partial charge >= 0.3 is 0 Å². The molecule has 0 spiro atoms. The summed E-state index contributed by atoms with van der Waals surface area (Å²) < 4.78 is 26.5. The summed E-state index contributed by atoms with van der Waals surface area (Å²) in [5.74, 6) is -0.170. The molecule has 144 valence electrons. The fourth-order valence-corrected chi connectivity index (χ4v) is 4.95. The molecule has 0 aliphatic carbocycles. The van der Waals surface area contributed by atoms with Gasteiger partial charge in [0.25, 0.3) is 5.91 Å². The summed E-state index contributed by atoms with van der Waals surface area (Å²) in [4.78, 5) is 15.2. The largest absolute Gasteiger partial charge is 0.310 e. The molecule has 0 aromatic heterocycles. The molecular formula is C21H26N2O3S. The standard InChI is InChI=1S/C21H26N2O3S/c1-4-19(23(27(3,25)26)18-12-7-9-16(2)15-18)21(24)22-14-8-11-17-10-5-6-13-20(17)22/h5-7,9-10,12-13,15,19H,4,8,11,14H2,1-3H3/t19-/m1/s1. The quantitative estimate of drug-likeness (QED) is 0.790. The maximum absolute atomic E-state index is 13.5. The zero-order valence-electron chi connectivity index (χ0n) is 16.1. The van der Waals surface area contributed by atoms with E-state index in [2.05, 4.69) is 0 Å². The van der Waals surface area contributed by atoms with Gasteiger partial charge in [0.2, 0.25) is 10.0 Å². The highest BCUT2D eigenvalue weighted by molar-refractivity contribution is 7.92. The van der Waals surface area contributed by atoms with Crippen molar-refractivity contribution in [3.63, 3.8) is 0 Å². The van der Waals surface area contributed by atoms with Gasteiger partial charge in [-0.15, -0.1) is 0 Å². The Morgan fingerprint density at radius 3 is 2.59 bits per heavy atom. The average Bonchev–Trinajstić information content (AvgIpc) is 2.64. The highest BCUT2D eigenvalue weighted by atomic mass is 32.2. The Hall–Kier alpha value is -2.34. The minimum Gasteiger partial charge on any atom is -0.310 e. The van der Waals surface area contributed by atoms with Gasteiger partial charge in [-0.2, -0.15) is 0 Å². The zero-order chi connectivity index (χ0) is 19.6. The van der Waals surface area contributed by atoms with E-state index in [-0.39, 0.29) is 5.91 Å². The first-order valence-corrected chi connectivity index (χ1v) is 11.1. The first-order chi connectivity index (χ1) is 12.8. The number of anilines is 2. The van der Waals surface area contributed by atoms with E-state index >= 15 is 0 Å². The van der Waals surface area contributed by atoms with Crippen LogP contribution in [0.1, 0.15) is 30.9 Å². The Morgan fingerprint density at radius 1 is 1.19 bits per heavy atom. The summed E-state index contributed by atoms with van der Waals surface area (Å²) >= 11 is 0. The van der Waals surface area contributed by atoms with Crippen LogP contribution in [0.25, 0.3) is 0 Å². The van der Waals surface area contributed by atoms with E-state index in [1.54, 1.807) is 17.0 Å². The zero-order valence-corrected chi connectivity index (χ0v) is 16.9. The molecule has 1 heterocycles. The van der Waals surface area contributed by atoms with Crippen LogP contribution in [0.2, 0.25) is 0 Å². The Balaban J connectivity index is 2.03. The van der Waals surface area contributed by atoms with Gasteiger partial charge in [-0.1, -0.05) is 37.3 Å². The average molecular weight is 387 g/mol. The van der Waals surface area contributed by atoms with Gasteiger partial charge in [0, 0.05) is 12.2 Å². The molecule has 0 N–H and O–H groups in total. The molecule has 0 saturated heterocycles. The molecule has 1 aliphatic rings. The lowest BCUT2D eigenvalue weighted by atomic mass is 10.0. The highest BCUT2D eigenvalue weighted by Gasteiger charge is 2.36. The molecule has 1 atom stereocenters. The Labute approximate surface area is 161 Å². The molecule has 6 heteroatoms. The van der Waals surface area contributed by atoms with Gasteiger partial charge in [-0.3, -0.25) is 9.10 Å². The maximum Gasteiger partial charge on any atom is 0.250 e. The van der Waals surface area contributed by atoms with E-state index in [4.69, 9.17) is 0 Å². The fraction of sp³-hybridized carbons (Fsp3) is 0.381. The molecule has 2 aromatic carbocycles. The van der Waals surface area contributed by atoms with Crippen LogP contribution in [0, 0.1) is 6.92 Å². The van der Waals surface area contributed by atoms with Gasteiger partial charge in [-0.25, -0.2) is 8.42 Å². The molecule has 0 radical (unpaired) electrons. The summed E-state index contributed by atoms with van der Waals surface area (Å²) in [6.45, 7) is 4.37. The number of hydrogen-bond donors (Lipinski definition) is 0. The number of fused-ring (bicyclic) bond motifs is 1. The van der Waals surface area contributed by atoms with Gasteiger partial charge in [0.15, 0.2) is 0 Å². The lowest BCUT2D eigenvalue weighted by Gasteiger charge is -2.36. The van der Waals surface area contributed by atoms with Crippen LogP contribution < -0.4 is 9.21 Å². The second kappa shape index (κ2) is 7.72. The number of hydrogen-bond acceptors (Lipinski definition) is 3. The number of rotatable bonds is 5. The number of aryl methyl sites for hydroxylation is 2. The molecule has 0 unspecified atom stereocenters. The van der Waals surface area contributed by atoms with Crippen LogP contribution in [0.5, 0.6) is 0 Å². The third-order valence-electron chi connectivity index (χ3n) is 4.94. The number of carbonyl (C=O) groups is 1. The van der Waals surface area contributed by atoms with Crippen molar-refractivity contribution >= 4 is 27.3 Å². The van der Waals surface area contributed by atoms with Gasteiger partial charge < -0.3 is 4.90 Å². The molecular weight excluding hydrogens is 360 g/mol. The minimum absolute atomic E-state index is 0.170. The van der Waals surface area contributed by atoms with Crippen LogP contribution in [0.4, 0.5) is 11.4 Å². The van der Waals surface area contributed by atoms with Gasteiger partial charge in [0.1, 0.15) is 6.04 Å². The number of amides is 1. The Morgan fingerprint density at radius 2 is 1.93 bits per heavy atom. The lowest BCUT2D eigenvalue weighted by Crippen LogP contribution is -2.52. The summed E-state index contributed by atoms with van der Waals surface area (Å²) in [5, 5.41) is 0. The number of sulfonamides is 1. The van der Waals surface area contributed by atoms with Crippen molar-refractivity contribution in [2.24, 2.45) is 0 Å². The van der Waals surface area contributed by atoms with Crippen molar-refractivity contribution in [2.75, 3.05) is 22.0 Å². The number of carbonyl (C=O) groups excluding carboxylic acids is 1. The Bertz CT molecular complexity index is 940. The van der Waals surface area contributed by atoms with E-state index in [0.717, 1.165) is 35.9 Å². The summed E-state index contributed by atoms with van der Waals surface area (Å²) in [6, 6.07) is 14.4. The minimum atomic E-state index is -3.62. The second-order valence-corrected chi connectivity index (χ2v) is 8.90. The first kappa shape index (κ1) is 19.4. The molecule has 27 heavy (non-hydrogen) atoms. The van der Waals surface area contributed by atoms with Crippen molar-refractivity contribution in [1.29, 1.82) is 0 Å². The molecule has 1 amide bonds. The van der Waals surface area contributed by atoms with E-state index in [9.17, 15) is 13.2 Å². The maximum atomic E-state index is 13.5. The third kappa shape index (κ3) is 4.00. The van der Waals surface area contributed by atoms with Crippen molar-refractivity contribution in [3.05, 3.63) is 59.7 Å². The molecule has 0 bridgehead atoms. The van der Waals surface area contributed by atoms with Crippen LogP contribution in [0.15, 0.2) is 48.5 Å². The predicted octanol–water partition coefficient (Wildman–Crippen LogP) is 3.52. The van der Waals surface area contributed by atoms with Crippen LogP contribution >= 0.6 is 0 Å². The van der Waals surface area contributed by atoms with Gasteiger partial charge in [0.05, 0.1) is 11.9 Å². The molecule has 2 aromatic rings. The van der Waals surface area contributed by atoms with Crippen molar-refractivity contribution < 1.29 is 13.2 Å². The monoisotopic (exact) mass is 386 g/mol. The predicted molar refractivity (Wildman–Crippen MR) is 110 cm³/mol. The van der Waals surface area contributed by atoms with Gasteiger partial charge in [-0.05, 0) is 55.5 Å². The Kier molecular flexibility index (Phi) is 5.56. The van der Waals surface area contributed by atoms with Crippen LogP contribution in [0.3, 0.4) is 0 Å². The number of benzene rings is 2. The van der Waals surface area contributed by atoms with Crippen LogP contribution in [-0.4, -0.2) is 33.2 Å². The molecule has 0 fully saturated rings. The lowest BCUT2D eigenvalue weighted by molar-refractivity contribution is -0.119. The number of nitrogens with zero attached hydrogens (tertiary/aromatic N) is 2. The SMILES string of the molecule is CC[C@H](C(=O)N1CCCc2ccccc21)N(c1cccc(C)c1)S(C)(=O)=O. The molecule has 3 rings (SSSR count). The normalized spacial score (nSPS) is 15.1. The molecule has 0 saturated carbocycles. The number of para-hydroxylation sites is 1. The van der Waals surface area contributed by atoms with E-state index in [0.29, 0.717) is 18.7 Å². The first-order valence-electron chi connectivity index (χ1n) is 9.28. The smallest absolute Gasteiger partial charge is 0.250 e. The summed E-state index contributed by atoms with van der Waals surface area (Å²) in [5.41, 5.74) is 3.51.